The molecule has 0 atom stereocenters. The van der Waals surface area contributed by atoms with Crippen LogP contribution in [0.2, 0.25) is 0 Å². The largest absolute Gasteiger partial charge is 0.334 e. The van der Waals surface area contributed by atoms with Crippen LogP contribution in [-0.2, 0) is 13.1 Å². The lowest BCUT2D eigenvalue weighted by Crippen LogP contribution is -2.34. The van der Waals surface area contributed by atoms with Crippen molar-refractivity contribution in [3.05, 3.63) is 18.2 Å². The fraction of sp³-hybridized carbons (Fsp3) is 0.786. The van der Waals surface area contributed by atoms with E-state index in [-0.39, 0.29) is 0 Å². The molecule has 4 nitrogen and oxygen atoms in total. The van der Waals surface area contributed by atoms with Gasteiger partial charge in [-0.05, 0) is 58.8 Å². The van der Waals surface area contributed by atoms with Gasteiger partial charge in [0.05, 0.1) is 12.0 Å². The van der Waals surface area contributed by atoms with Crippen LogP contribution < -0.4 is 5.32 Å². The van der Waals surface area contributed by atoms with E-state index in [1.807, 2.05) is 19.6 Å². The minimum atomic E-state index is 0.921. The lowest BCUT2D eigenvalue weighted by molar-refractivity contribution is 0.169. The van der Waals surface area contributed by atoms with Crippen molar-refractivity contribution in [3.8, 4) is 0 Å². The van der Waals surface area contributed by atoms with Gasteiger partial charge < -0.3 is 9.88 Å². The Morgan fingerprint density at radius 3 is 2.83 bits per heavy atom. The summed E-state index contributed by atoms with van der Waals surface area (Å²) in [6, 6.07) is 0. The molecule has 4 heteroatoms. The van der Waals surface area contributed by atoms with E-state index >= 15 is 0 Å². The van der Waals surface area contributed by atoms with Gasteiger partial charge in [-0.1, -0.05) is 0 Å². The molecule has 0 saturated carbocycles. The van der Waals surface area contributed by atoms with E-state index in [0.717, 1.165) is 25.6 Å². The summed E-state index contributed by atoms with van der Waals surface area (Å²) in [5, 5.41) is 3.25. The van der Waals surface area contributed by atoms with E-state index in [9.17, 15) is 0 Å². The summed E-state index contributed by atoms with van der Waals surface area (Å²) >= 11 is 0. The van der Waals surface area contributed by atoms with Crippen LogP contribution in [0.1, 0.15) is 31.9 Å². The van der Waals surface area contributed by atoms with E-state index in [0.29, 0.717) is 0 Å². The highest BCUT2D eigenvalue weighted by molar-refractivity contribution is 4.98. The van der Waals surface area contributed by atoms with E-state index < -0.39 is 0 Å². The summed E-state index contributed by atoms with van der Waals surface area (Å²) in [7, 11) is 2.04. The van der Waals surface area contributed by atoms with E-state index in [1.54, 1.807) is 0 Å². The molecule has 0 radical (unpaired) electrons. The van der Waals surface area contributed by atoms with Crippen molar-refractivity contribution in [1.29, 1.82) is 0 Å². The Morgan fingerprint density at radius 2 is 2.17 bits per heavy atom. The number of rotatable bonds is 6. The molecule has 0 aromatic carbocycles. The number of aryl methyl sites for hydroxylation is 1. The Morgan fingerprint density at radius 1 is 1.39 bits per heavy atom. The normalized spacial score (nSPS) is 18.3. The molecule has 2 heterocycles. The van der Waals surface area contributed by atoms with E-state index in [2.05, 4.69) is 26.7 Å². The van der Waals surface area contributed by atoms with E-state index in [4.69, 9.17) is 0 Å². The maximum Gasteiger partial charge on any atom is 0.0948 e. The number of piperidine rings is 1. The second kappa shape index (κ2) is 6.90. The van der Waals surface area contributed by atoms with Gasteiger partial charge in [-0.25, -0.2) is 4.98 Å². The van der Waals surface area contributed by atoms with Crippen LogP contribution in [0.15, 0.2) is 12.5 Å². The topological polar surface area (TPSA) is 33.1 Å². The SMILES string of the molecule is CCn1cncc1CN1CCC(CCNC)CC1. The molecule has 0 spiro atoms. The molecule has 102 valence electrons. The highest BCUT2D eigenvalue weighted by atomic mass is 15.2. The van der Waals surface area contributed by atoms with Crippen molar-refractivity contribution in [2.24, 2.45) is 5.92 Å². The predicted octanol–water partition coefficient (Wildman–Crippen LogP) is 1.72. The minimum Gasteiger partial charge on any atom is -0.334 e. The maximum atomic E-state index is 4.24. The smallest absolute Gasteiger partial charge is 0.0948 e. The van der Waals surface area contributed by atoms with Crippen molar-refractivity contribution in [2.45, 2.75) is 39.3 Å². The molecule has 1 aliphatic heterocycles. The van der Waals surface area contributed by atoms with Crippen molar-refractivity contribution in [2.75, 3.05) is 26.7 Å². The highest BCUT2D eigenvalue weighted by Crippen LogP contribution is 2.21. The molecule has 0 amide bonds. The Hall–Kier alpha value is -0.870. The lowest BCUT2D eigenvalue weighted by Gasteiger charge is -2.32. The van der Waals surface area contributed by atoms with Crippen LogP contribution in [0.5, 0.6) is 0 Å². The molecular weight excluding hydrogens is 224 g/mol. The summed E-state index contributed by atoms with van der Waals surface area (Å²) < 4.78 is 2.24. The maximum absolute atomic E-state index is 4.24. The Labute approximate surface area is 110 Å². The van der Waals surface area contributed by atoms with Crippen molar-refractivity contribution < 1.29 is 0 Å². The van der Waals surface area contributed by atoms with Gasteiger partial charge in [-0.3, -0.25) is 4.90 Å². The van der Waals surface area contributed by atoms with Gasteiger partial charge in [0, 0.05) is 19.3 Å². The molecule has 0 unspecified atom stereocenters. The van der Waals surface area contributed by atoms with Gasteiger partial charge in [-0.2, -0.15) is 0 Å². The first-order valence-electron chi connectivity index (χ1n) is 7.19. The molecule has 0 aliphatic carbocycles. The number of hydrogen-bond acceptors (Lipinski definition) is 3. The third-order valence-corrected chi connectivity index (χ3v) is 4.03. The van der Waals surface area contributed by atoms with Gasteiger partial charge >= 0.3 is 0 Å². The first kappa shape index (κ1) is 13.6. The molecular formula is C14H26N4. The number of hydrogen-bond donors (Lipinski definition) is 1. The van der Waals surface area contributed by atoms with Crippen molar-refractivity contribution in [1.82, 2.24) is 19.8 Å². The summed E-state index contributed by atoms with van der Waals surface area (Å²) in [4.78, 5) is 6.81. The molecule has 1 aromatic heterocycles. The fourth-order valence-corrected chi connectivity index (χ4v) is 2.78. The molecule has 1 N–H and O–H groups in total. The first-order valence-corrected chi connectivity index (χ1v) is 7.19. The van der Waals surface area contributed by atoms with Crippen LogP contribution in [-0.4, -0.2) is 41.1 Å². The molecule has 1 aliphatic rings. The van der Waals surface area contributed by atoms with Crippen LogP contribution >= 0.6 is 0 Å². The summed E-state index contributed by atoms with van der Waals surface area (Å²) in [6.45, 7) is 7.90. The third-order valence-electron chi connectivity index (χ3n) is 4.03. The molecule has 2 rings (SSSR count). The average Bonchev–Trinajstić information content (AvgIpc) is 2.85. The molecule has 1 saturated heterocycles. The second-order valence-electron chi connectivity index (χ2n) is 5.28. The van der Waals surface area contributed by atoms with Gasteiger partial charge in [0.25, 0.3) is 0 Å². The van der Waals surface area contributed by atoms with Crippen molar-refractivity contribution in [3.63, 3.8) is 0 Å². The van der Waals surface area contributed by atoms with Gasteiger partial charge in [0.15, 0.2) is 0 Å². The first-order chi connectivity index (χ1) is 8.83. The molecule has 0 bridgehead atoms. The Bertz CT molecular complexity index is 339. The van der Waals surface area contributed by atoms with Gasteiger partial charge in [0.1, 0.15) is 0 Å². The van der Waals surface area contributed by atoms with Gasteiger partial charge in [-0.15, -0.1) is 0 Å². The van der Waals surface area contributed by atoms with Crippen LogP contribution in [0, 0.1) is 5.92 Å². The zero-order valence-electron chi connectivity index (χ0n) is 11.7. The quantitative estimate of drug-likeness (QED) is 0.834. The zero-order chi connectivity index (χ0) is 12.8. The molecule has 1 aromatic rings. The number of imidazole rings is 1. The number of nitrogens with zero attached hydrogens (tertiary/aromatic N) is 3. The summed E-state index contributed by atoms with van der Waals surface area (Å²) in [6.07, 6.45) is 7.98. The number of nitrogens with one attached hydrogen (secondary N) is 1. The second-order valence-corrected chi connectivity index (χ2v) is 5.28. The van der Waals surface area contributed by atoms with Crippen LogP contribution in [0.3, 0.4) is 0 Å². The minimum absolute atomic E-state index is 0.921. The summed E-state index contributed by atoms with van der Waals surface area (Å²) in [5.41, 5.74) is 1.35. The monoisotopic (exact) mass is 250 g/mol. The lowest BCUT2D eigenvalue weighted by atomic mass is 9.93. The molecule has 18 heavy (non-hydrogen) atoms. The molecule has 1 fully saturated rings. The standard InChI is InChI=1S/C14H26N4/c1-3-18-12-16-10-14(18)11-17-8-5-13(6-9-17)4-7-15-2/h10,12-13,15H,3-9,11H2,1-2H3. The highest BCUT2D eigenvalue weighted by Gasteiger charge is 2.19. The predicted molar refractivity (Wildman–Crippen MR) is 74.4 cm³/mol. The fourth-order valence-electron chi connectivity index (χ4n) is 2.78. The van der Waals surface area contributed by atoms with Gasteiger partial charge in [0.2, 0.25) is 0 Å². The Kier molecular flexibility index (Phi) is 5.20. The zero-order valence-corrected chi connectivity index (χ0v) is 11.7. The van der Waals surface area contributed by atoms with Crippen molar-refractivity contribution >= 4 is 0 Å². The average molecular weight is 250 g/mol. The Balaban J connectivity index is 1.76. The summed E-state index contributed by atoms with van der Waals surface area (Å²) in [5.74, 6) is 0.921. The number of likely N-dealkylation sites (tertiary alicyclic amines) is 1. The number of aromatic nitrogens is 2. The third kappa shape index (κ3) is 3.56. The van der Waals surface area contributed by atoms with E-state index in [1.165, 1.54) is 38.0 Å². The van der Waals surface area contributed by atoms with Crippen LogP contribution in [0.4, 0.5) is 0 Å². The van der Waals surface area contributed by atoms with Crippen LogP contribution in [0.25, 0.3) is 0 Å².